The van der Waals surface area contributed by atoms with Gasteiger partial charge < -0.3 is 15.2 Å². The molecule has 90 valence electrons. The van der Waals surface area contributed by atoms with E-state index in [-0.39, 0.29) is 0 Å². The van der Waals surface area contributed by atoms with Crippen LogP contribution in [0, 0.1) is 0 Å². The van der Waals surface area contributed by atoms with Crippen LogP contribution in [0.2, 0.25) is 0 Å². The van der Waals surface area contributed by atoms with Crippen LogP contribution in [0.4, 0.5) is 11.6 Å². The van der Waals surface area contributed by atoms with E-state index in [9.17, 15) is 0 Å². The summed E-state index contributed by atoms with van der Waals surface area (Å²) >= 11 is 0. The van der Waals surface area contributed by atoms with Crippen LogP contribution in [0.25, 0.3) is 11.1 Å². The van der Waals surface area contributed by atoms with E-state index in [1.165, 1.54) is 5.69 Å². The smallest absolute Gasteiger partial charge is 0.229 e. The molecule has 0 spiro atoms. The van der Waals surface area contributed by atoms with Gasteiger partial charge in [0.15, 0.2) is 0 Å². The molecule has 0 radical (unpaired) electrons. The zero-order valence-electron chi connectivity index (χ0n) is 10.2. The minimum absolute atomic E-state index is 0.363. The van der Waals surface area contributed by atoms with Crippen molar-refractivity contribution in [3.05, 3.63) is 30.5 Å². The molecule has 0 unspecified atom stereocenters. The Balaban J connectivity index is 2.38. The Morgan fingerprint density at radius 1 is 1.29 bits per heavy atom. The molecular formula is C13H17N3O. The number of rotatable bonds is 4. The Bertz CT molecular complexity index is 489. The van der Waals surface area contributed by atoms with Crippen LogP contribution in [0.1, 0.15) is 13.8 Å². The zero-order valence-corrected chi connectivity index (χ0v) is 10.2. The standard InChI is InChI=1S/C13H17N3O/c1-3-16(4-2)11-7-5-6-10(8-11)12-9-15-17-13(12)14/h5-9H,3-4,14H2,1-2H3. The fourth-order valence-electron chi connectivity index (χ4n) is 1.92. The average molecular weight is 231 g/mol. The van der Waals surface area contributed by atoms with Gasteiger partial charge in [-0.15, -0.1) is 0 Å². The van der Waals surface area contributed by atoms with Crippen molar-refractivity contribution in [3.63, 3.8) is 0 Å². The molecule has 1 aromatic heterocycles. The lowest BCUT2D eigenvalue weighted by molar-refractivity contribution is 0.436. The van der Waals surface area contributed by atoms with Crippen molar-refractivity contribution in [2.75, 3.05) is 23.7 Å². The second kappa shape index (κ2) is 4.91. The fraction of sp³-hybridized carbons (Fsp3) is 0.308. The molecule has 4 heteroatoms. The molecule has 0 atom stereocenters. The second-order valence-corrected chi connectivity index (χ2v) is 3.83. The van der Waals surface area contributed by atoms with Crippen LogP contribution in [0.3, 0.4) is 0 Å². The van der Waals surface area contributed by atoms with Crippen LogP contribution in [-0.4, -0.2) is 18.2 Å². The number of benzene rings is 1. The van der Waals surface area contributed by atoms with Gasteiger partial charge in [0.1, 0.15) is 0 Å². The topological polar surface area (TPSA) is 55.3 Å². The lowest BCUT2D eigenvalue weighted by Gasteiger charge is -2.21. The monoisotopic (exact) mass is 231 g/mol. The molecule has 0 saturated carbocycles. The Labute approximate surface area is 101 Å². The molecule has 0 saturated heterocycles. The fourth-order valence-corrected chi connectivity index (χ4v) is 1.92. The van der Waals surface area contributed by atoms with E-state index in [0.717, 1.165) is 24.2 Å². The van der Waals surface area contributed by atoms with E-state index in [1.807, 2.05) is 12.1 Å². The molecule has 1 heterocycles. The predicted octanol–water partition coefficient (Wildman–Crippen LogP) is 2.77. The molecule has 1 aromatic carbocycles. The average Bonchev–Trinajstić information content (AvgIpc) is 2.77. The largest absolute Gasteiger partial charge is 0.372 e. The van der Waals surface area contributed by atoms with Gasteiger partial charge in [0.05, 0.1) is 11.8 Å². The summed E-state index contributed by atoms with van der Waals surface area (Å²) in [6, 6.07) is 8.24. The van der Waals surface area contributed by atoms with E-state index in [2.05, 4.69) is 36.0 Å². The highest BCUT2D eigenvalue weighted by molar-refractivity contribution is 5.74. The van der Waals surface area contributed by atoms with E-state index in [0.29, 0.717) is 5.88 Å². The number of nitrogens with zero attached hydrogens (tertiary/aromatic N) is 2. The molecule has 0 amide bonds. The summed E-state index contributed by atoms with van der Waals surface area (Å²) in [4.78, 5) is 2.28. The first-order valence-corrected chi connectivity index (χ1v) is 5.81. The van der Waals surface area contributed by atoms with E-state index in [4.69, 9.17) is 10.3 Å². The highest BCUT2D eigenvalue weighted by atomic mass is 16.5. The van der Waals surface area contributed by atoms with Gasteiger partial charge in [-0.3, -0.25) is 0 Å². The summed E-state index contributed by atoms with van der Waals surface area (Å²) < 4.78 is 4.89. The molecule has 0 aliphatic heterocycles. The SMILES string of the molecule is CCN(CC)c1cccc(-c2cnoc2N)c1. The Kier molecular flexibility index (Phi) is 3.32. The van der Waals surface area contributed by atoms with Gasteiger partial charge in [-0.2, -0.15) is 0 Å². The van der Waals surface area contributed by atoms with Gasteiger partial charge in [0.25, 0.3) is 0 Å². The van der Waals surface area contributed by atoms with Crippen molar-refractivity contribution < 1.29 is 4.52 Å². The van der Waals surface area contributed by atoms with E-state index in [1.54, 1.807) is 6.20 Å². The third kappa shape index (κ3) is 2.25. The number of nitrogen functional groups attached to an aromatic ring is 1. The maximum atomic E-state index is 5.72. The molecular weight excluding hydrogens is 214 g/mol. The van der Waals surface area contributed by atoms with Crippen LogP contribution in [0.15, 0.2) is 35.0 Å². The van der Waals surface area contributed by atoms with Crippen LogP contribution in [-0.2, 0) is 0 Å². The Morgan fingerprint density at radius 3 is 2.65 bits per heavy atom. The number of anilines is 2. The van der Waals surface area contributed by atoms with Gasteiger partial charge in [0.2, 0.25) is 5.88 Å². The summed E-state index contributed by atoms with van der Waals surface area (Å²) in [6.07, 6.45) is 1.65. The molecule has 0 aliphatic carbocycles. The summed E-state index contributed by atoms with van der Waals surface area (Å²) in [5.41, 5.74) is 8.79. The van der Waals surface area contributed by atoms with Crippen molar-refractivity contribution in [1.29, 1.82) is 0 Å². The Hall–Kier alpha value is -1.97. The highest BCUT2D eigenvalue weighted by Gasteiger charge is 2.09. The van der Waals surface area contributed by atoms with Crippen LogP contribution >= 0.6 is 0 Å². The maximum Gasteiger partial charge on any atom is 0.229 e. The van der Waals surface area contributed by atoms with Gasteiger partial charge in [-0.1, -0.05) is 17.3 Å². The van der Waals surface area contributed by atoms with Gasteiger partial charge in [-0.25, -0.2) is 0 Å². The number of hydrogen-bond acceptors (Lipinski definition) is 4. The molecule has 0 aliphatic rings. The van der Waals surface area contributed by atoms with Crippen LogP contribution < -0.4 is 10.6 Å². The maximum absolute atomic E-state index is 5.72. The zero-order chi connectivity index (χ0) is 12.3. The normalized spacial score (nSPS) is 10.5. The first-order chi connectivity index (χ1) is 8.26. The molecule has 0 fully saturated rings. The number of hydrogen-bond donors (Lipinski definition) is 1. The van der Waals surface area contributed by atoms with Gasteiger partial charge >= 0.3 is 0 Å². The molecule has 2 rings (SSSR count). The summed E-state index contributed by atoms with van der Waals surface area (Å²) in [6.45, 7) is 6.26. The second-order valence-electron chi connectivity index (χ2n) is 3.83. The molecule has 0 bridgehead atoms. The summed E-state index contributed by atoms with van der Waals surface area (Å²) in [5.74, 6) is 0.363. The molecule has 2 N–H and O–H groups in total. The minimum atomic E-state index is 0.363. The molecule has 4 nitrogen and oxygen atoms in total. The van der Waals surface area contributed by atoms with Gasteiger partial charge in [-0.05, 0) is 31.5 Å². The van der Waals surface area contributed by atoms with Crippen molar-refractivity contribution in [3.8, 4) is 11.1 Å². The van der Waals surface area contributed by atoms with Crippen molar-refractivity contribution in [2.45, 2.75) is 13.8 Å². The Morgan fingerprint density at radius 2 is 2.06 bits per heavy atom. The highest BCUT2D eigenvalue weighted by Crippen LogP contribution is 2.28. The first kappa shape index (κ1) is 11.5. The summed E-state index contributed by atoms with van der Waals surface area (Å²) in [7, 11) is 0. The minimum Gasteiger partial charge on any atom is -0.372 e. The van der Waals surface area contributed by atoms with Crippen molar-refractivity contribution in [1.82, 2.24) is 5.16 Å². The van der Waals surface area contributed by atoms with Crippen LogP contribution in [0.5, 0.6) is 0 Å². The third-order valence-corrected chi connectivity index (χ3v) is 2.88. The summed E-state index contributed by atoms with van der Waals surface area (Å²) in [5, 5.41) is 3.70. The van der Waals surface area contributed by atoms with Crippen molar-refractivity contribution >= 4 is 11.6 Å². The number of aromatic nitrogens is 1. The van der Waals surface area contributed by atoms with E-state index >= 15 is 0 Å². The molecule has 2 aromatic rings. The van der Waals surface area contributed by atoms with Crippen molar-refractivity contribution in [2.24, 2.45) is 0 Å². The van der Waals surface area contributed by atoms with E-state index < -0.39 is 0 Å². The third-order valence-electron chi connectivity index (χ3n) is 2.88. The predicted molar refractivity (Wildman–Crippen MR) is 69.9 cm³/mol. The number of nitrogens with two attached hydrogens (primary N) is 1. The lowest BCUT2D eigenvalue weighted by Crippen LogP contribution is -2.21. The molecule has 17 heavy (non-hydrogen) atoms. The quantitative estimate of drug-likeness (QED) is 0.879. The first-order valence-electron chi connectivity index (χ1n) is 5.81. The van der Waals surface area contributed by atoms with Gasteiger partial charge in [0, 0.05) is 18.8 Å². The lowest BCUT2D eigenvalue weighted by atomic mass is 10.1.